The Bertz CT molecular complexity index is 452. The first-order chi connectivity index (χ1) is 6.93. The normalized spacial score (nSPS) is 19.9. The van der Waals surface area contributed by atoms with Crippen LogP contribution in [-0.2, 0) is 11.2 Å². The minimum atomic E-state index is 0.473. The van der Waals surface area contributed by atoms with E-state index in [0.717, 1.165) is 13.0 Å². The van der Waals surface area contributed by atoms with Gasteiger partial charge in [-0.05, 0) is 16.3 Å². The van der Waals surface area contributed by atoms with Gasteiger partial charge in [-0.25, -0.2) is 0 Å². The SMILES string of the molecule is c1ccc2c(CC3CO3)cccc2c1. The molecule has 1 aliphatic rings. The molecule has 1 fully saturated rings. The van der Waals surface area contributed by atoms with Crippen LogP contribution in [0.1, 0.15) is 5.56 Å². The summed E-state index contributed by atoms with van der Waals surface area (Å²) in [5.41, 5.74) is 1.41. The molecular weight excluding hydrogens is 172 g/mol. The van der Waals surface area contributed by atoms with Crippen molar-refractivity contribution in [2.75, 3.05) is 6.61 Å². The second-order valence-corrected chi connectivity index (χ2v) is 3.80. The third-order valence-corrected chi connectivity index (χ3v) is 2.73. The highest BCUT2D eigenvalue weighted by Crippen LogP contribution is 2.23. The van der Waals surface area contributed by atoms with E-state index in [9.17, 15) is 0 Å². The van der Waals surface area contributed by atoms with Gasteiger partial charge in [0.2, 0.25) is 0 Å². The zero-order valence-corrected chi connectivity index (χ0v) is 7.94. The summed E-state index contributed by atoms with van der Waals surface area (Å²) >= 11 is 0. The molecule has 1 nitrogen and oxygen atoms in total. The number of rotatable bonds is 2. The standard InChI is InChI=1S/C13H12O/c1-2-7-13-10(4-1)5-3-6-11(13)8-12-9-14-12/h1-7,12H,8-9H2. The molecule has 1 saturated heterocycles. The molecule has 0 bridgehead atoms. The molecule has 3 rings (SSSR count). The number of epoxide rings is 1. The van der Waals surface area contributed by atoms with Gasteiger partial charge in [-0.3, -0.25) is 0 Å². The van der Waals surface area contributed by atoms with E-state index in [-0.39, 0.29) is 0 Å². The van der Waals surface area contributed by atoms with Crippen molar-refractivity contribution in [1.82, 2.24) is 0 Å². The van der Waals surface area contributed by atoms with E-state index >= 15 is 0 Å². The lowest BCUT2D eigenvalue weighted by Crippen LogP contribution is -1.93. The van der Waals surface area contributed by atoms with Crippen LogP contribution in [0, 0.1) is 0 Å². The van der Waals surface area contributed by atoms with Crippen LogP contribution in [0.2, 0.25) is 0 Å². The van der Waals surface area contributed by atoms with Gasteiger partial charge in [0.15, 0.2) is 0 Å². The molecule has 1 heterocycles. The summed E-state index contributed by atoms with van der Waals surface area (Å²) in [7, 11) is 0. The lowest BCUT2D eigenvalue weighted by Gasteiger charge is -2.03. The largest absolute Gasteiger partial charge is 0.373 e. The number of fused-ring (bicyclic) bond motifs is 1. The van der Waals surface area contributed by atoms with Crippen molar-refractivity contribution in [3.8, 4) is 0 Å². The van der Waals surface area contributed by atoms with Crippen molar-refractivity contribution in [2.24, 2.45) is 0 Å². The lowest BCUT2D eigenvalue weighted by molar-refractivity contribution is 0.408. The molecule has 2 aromatic rings. The van der Waals surface area contributed by atoms with Crippen molar-refractivity contribution < 1.29 is 4.74 Å². The summed E-state index contributed by atoms with van der Waals surface area (Å²) < 4.78 is 5.26. The maximum Gasteiger partial charge on any atom is 0.0850 e. The average molecular weight is 184 g/mol. The predicted octanol–water partition coefficient (Wildman–Crippen LogP) is 2.78. The van der Waals surface area contributed by atoms with Gasteiger partial charge in [0.05, 0.1) is 12.7 Å². The van der Waals surface area contributed by atoms with Crippen LogP contribution in [0.15, 0.2) is 42.5 Å². The third-order valence-electron chi connectivity index (χ3n) is 2.73. The molecule has 14 heavy (non-hydrogen) atoms. The van der Waals surface area contributed by atoms with E-state index < -0.39 is 0 Å². The van der Waals surface area contributed by atoms with Gasteiger partial charge in [-0.15, -0.1) is 0 Å². The average Bonchev–Trinajstić information content (AvgIpc) is 3.03. The minimum absolute atomic E-state index is 0.473. The zero-order valence-electron chi connectivity index (χ0n) is 7.94. The predicted molar refractivity (Wildman–Crippen MR) is 57.4 cm³/mol. The highest BCUT2D eigenvalue weighted by Gasteiger charge is 2.23. The zero-order chi connectivity index (χ0) is 9.38. The van der Waals surface area contributed by atoms with Gasteiger partial charge in [0.1, 0.15) is 0 Å². The Hall–Kier alpha value is -1.34. The lowest BCUT2D eigenvalue weighted by atomic mass is 10.0. The topological polar surface area (TPSA) is 12.5 Å². The number of hydrogen-bond acceptors (Lipinski definition) is 1. The van der Waals surface area contributed by atoms with Gasteiger partial charge in [-0.1, -0.05) is 42.5 Å². The number of ether oxygens (including phenoxy) is 1. The maximum atomic E-state index is 5.26. The number of benzene rings is 2. The summed E-state index contributed by atoms with van der Waals surface area (Å²) in [5.74, 6) is 0. The van der Waals surface area contributed by atoms with Gasteiger partial charge >= 0.3 is 0 Å². The fourth-order valence-corrected chi connectivity index (χ4v) is 1.90. The van der Waals surface area contributed by atoms with E-state index in [1.807, 2.05) is 0 Å². The molecule has 1 aliphatic heterocycles. The first-order valence-electron chi connectivity index (χ1n) is 5.02. The van der Waals surface area contributed by atoms with Crippen molar-refractivity contribution >= 4 is 10.8 Å². The maximum absolute atomic E-state index is 5.26. The Morgan fingerprint density at radius 2 is 1.86 bits per heavy atom. The number of hydrogen-bond donors (Lipinski definition) is 0. The highest BCUT2D eigenvalue weighted by molar-refractivity contribution is 5.85. The van der Waals surface area contributed by atoms with E-state index in [2.05, 4.69) is 42.5 Å². The van der Waals surface area contributed by atoms with Crippen molar-refractivity contribution in [3.05, 3.63) is 48.0 Å². The van der Waals surface area contributed by atoms with Crippen LogP contribution in [-0.4, -0.2) is 12.7 Å². The molecule has 1 atom stereocenters. The van der Waals surface area contributed by atoms with Gasteiger partial charge < -0.3 is 4.74 Å². The van der Waals surface area contributed by atoms with Crippen LogP contribution in [0.5, 0.6) is 0 Å². The fourth-order valence-electron chi connectivity index (χ4n) is 1.90. The molecule has 1 unspecified atom stereocenters. The Labute approximate surface area is 83.3 Å². The quantitative estimate of drug-likeness (QED) is 0.654. The fraction of sp³-hybridized carbons (Fsp3) is 0.231. The Balaban J connectivity index is 2.11. The van der Waals surface area contributed by atoms with Gasteiger partial charge in [-0.2, -0.15) is 0 Å². The Morgan fingerprint density at radius 3 is 2.71 bits per heavy atom. The van der Waals surface area contributed by atoms with Crippen LogP contribution in [0.4, 0.5) is 0 Å². The monoisotopic (exact) mass is 184 g/mol. The smallest absolute Gasteiger partial charge is 0.0850 e. The summed E-state index contributed by atoms with van der Waals surface area (Å²) in [4.78, 5) is 0. The van der Waals surface area contributed by atoms with E-state index in [0.29, 0.717) is 6.10 Å². The van der Waals surface area contributed by atoms with Crippen LogP contribution >= 0.6 is 0 Å². The summed E-state index contributed by atoms with van der Waals surface area (Å²) in [6, 6.07) is 15.0. The molecule has 0 radical (unpaired) electrons. The molecule has 0 spiro atoms. The molecule has 0 aromatic heterocycles. The van der Waals surface area contributed by atoms with Crippen LogP contribution < -0.4 is 0 Å². The molecular formula is C13H12O. The molecule has 70 valence electrons. The molecule has 1 heteroatoms. The van der Waals surface area contributed by atoms with Crippen LogP contribution in [0.3, 0.4) is 0 Å². The van der Waals surface area contributed by atoms with Gasteiger partial charge in [0.25, 0.3) is 0 Å². The second-order valence-electron chi connectivity index (χ2n) is 3.80. The summed E-state index contributed by atoms with van der Waals surface area (Å²) in [5, 5.41) is 2.69. The van der Waals surface area contributed by atoms with Crippen molar-refractivity contribution in [2.45, 2.75) is 12.5 Å². The van der Waals surface area contributed by atoms with E-state index in [4.69, 9.17) is 4.74 Å². The molecule has 0 amide bonds. The Kier molecular flexibility index (Phi) is 1.78. The third kappa shape index (κ3) is 1.40. The van der Waals surface area contributed by atoms with Crippen molar-refractivity contribution in [3.63, 3.8) is 0 Å². The first kappa shape index (κ1) is 8.01. The summed E-state index contributed by atoms with van der Waals surface area (Å²) in [6.07, 6.45) is 1.53. The molecule has 0 N–H and O–H groups in total. The van der Waals surface area contributed by atoms with Crippen molar-refractivity contribution in [1.29, 1.82) is 0 Å². The van der Waals surface area contributed by atoms with Crippen LogP contribution in [0.25, 0.3) is 10.8 Å². The Morgan fingerprint density at radius 1 is 1.07 bits per heavy atom. The van der Waals surface area contributed by atoms with E-state index in [1.54, 1.807) is 0 Å². The molecule has 0 saturated carbocycles. The highest BCUT2D eigenvalue weighted by atomic mass is 16.6. The summed E-state index contributed by atoms with van der Waals surface area (Å²) in [6.45, 7) is 0.934. The minimum Gasteiger partial charge on any atom is -0.373 e. The first-order valence-corrected chi connectivity index (χ1v) is 5.02. The van der Waals surface area contributed by atoms with E-state index in [1.165, 1.54) is 16.3 Å². The second kappa shape index (κ2) is 3.10. The van der Waals surface area contributed by atoms with Gasteiger partial charge in [0, 0.05) is 6.42 Å². The molecule has 2 aromatic carbocycles. The molecule has 0 aliphatic carbocycles.